The minimum absolute atomic E-state index is 0.150. The van der Waals surface area contributed by atoms with Crippen LogP contribution >= 0.6 is 0 Å². The molecule has 3 N–H and O–H groups in total. The summed E-state index contributed by atoms with van der Waals surface area (Å²) in [5.74, 6) is 0.239. The predicted octanol–water partition coefficient (Wildman–Crippen LogP) is 3.12. The van der Waals surface area contributed by atoms with E-state index >= 15 is 0 Å². The maximum absolute atomic E-state index is 7.67. The average Bonchev–Trinajstić information content (AvgIpc) is 2.89. The van der Waals surface area contributed by atoms with Crippen LogP contribution < -0.4 is 10.6 Å². The average molecular weight is 265 g/mol. The SMILES string of the molecule is N=C(N)CC(c1ccccc1)N1CCc2ccccc21. The summed E-state index contributed by atoms with van der Waals surface area (Å²) in [6, 6.07) is 19.0. The van der Waals surface area contributed by atoms with E-state index in [9.17, 15) is 0 Å². The van der Waals surface area contributed by atoms with Gasteiger partial charge < -0.3 is 10.6 Å². The van der Waals surface area contributed by atoms with Crippen LogP contribution in [0.4, 0.5) is 5.69 Å². The second-order valence-corrected chi connectivity index (χ2v) is 5.23. The first-order valence-corrected chi connectivity index (χ1v) is 6.98. The minimum atomic E-state index is 0.150. The Morgan fingerprint density at radius 2 is 1.80 bits per heavy atom. The van der Waals surface area contributed by atoms with Crippen LogP contribution in [-0.4, -0.2) is 12.4 Å². The first-order valence-electron chi connectivity index (χ1n) is 6.98. The van der Waals surface area contributed by atoms with Crippen molar-refractivity contribution in [3.05, 3.63) is 65.7 Å². The zero-order valence-electron chi connectivity index (χ0n) is 11.4. The number of hydrogen-bond donors (Lipinski definition) is 2. The van der Waals surface area contributed by atoms with Crippen molar-refractivity contribution in [3.63, 3.8) is 0 Å². The number of fused-ring (bicyclic) bond motifs is 1. The number of benzene rings is 2. The molecular weight excluding hydrogens is 246 g/mol. The molecule has 1 aliphatic rings. The lowest BCUT2D eigenvalue weighted by atomic mass is 10.0. The Balaban J connectivity index is 1.97. The fraction of sp³-hybridized carbons (Fsp3) is 0.235. The number of rotatable bonds is 4. The summed E-state index contributed by atoms with van der Waals surface area (Å²) in [6.07, 6.45) is 1.63. The molecule has 3 rings (SSSR count). The molecular formula is C17H19N3. The van der Waals surface area contributed by atoms with E-state index < -0.39 is 0 Å². The van der Waals surface area contributed by atoms with Crippen LogP contribution in [0.15, 0.2) is 54.6 Å². The Morgan fingerprint density at radius 1 is 1.10 bits per heavy atom. The Hall–Kier alpha value is -2.29. The fourth-order valence-corrected chi connectivity index (χ4v) is 2.98. The van der Waals surface area contributed by atoms with Gasteiger partial charge in [-0.15, -0.1) is 0 Å². The van der Waals surface area contributed by atoms with Gasteiger partial charge in [-0.1, -0.05) is 48.5 Å². The molecule has 2 aromatic carbocycles. The summed E-state index contributed by atoms with van der Waals surface area (Å²) in [5, 5.41) is 7.67. The highest BCUT2D eigenvalue weighted by atomic mass is 15.2. The second kappa shape index (κ2) is 5.37. The summed E-state index contributed by atoms with van der Waals surface area (Å²) in [6.45, 7) is 0.992. The van der Waals surface area contributed by atoms with E-state index in [-0.39, 0.29) is 11.9 Å². The maximum Gasteiger partial charge on any atom is 0.0929 e. The van der Waals surface area contributed by atoms with Crippen LogP contribution in [0.1, 0.15) is 23.6 Å². The van der Waals surface area contributed by atoms with E-state index in [1.807, 2.05) is 18.2 Å². The van der Waals surface area contributed by atoms with E-state index in [0.29, 0.717) is 6.42 Å². The van der Waals surface area contributed by atoms with Gasteiger partial charge in [0.1, 0.15) is 0 Å². The van der Waals surface area contributed by atoms with Gasteiger partial charge in [-0.05, 0) is 23.6 Å². The molecule has 0 aliphatic carbocycles. The topological polar surface area (TPSA) is 53.1 Å². The van der Waals surface area contributed by atoms with Gasteiger partial charge in [-0.3, -0.25) is 5.41 Å². The monoisotopic (exact) mass is 265 g/mol. The molecule has 0 radical (unpaired) electrons. The van der Waals surface area contributed by atoms with Crippen molar-refractivity contribution in [3.8, 4) is 0 Å². The van der Waals surface area contributed by atoms with Crippen LogP contribution in [-0.2, 0) is 6.42 Å². The van der Waals surface area contributed by atoms with E-state index in [0.717, 1.165) is 13.0 Å². The summed E-state index contributed by atoms with van der Waals surface area (Å²) in [4.78, 5) is 2.38. The van der Waals surface area contributed by atoms with Gasteiger partial charge in [0.2, 0.25) is 0 Å². The Morgan fingerprint density at radius 3 is 2.55 bits per heavy atom. The normalized spacial score (nSPS) is 14.9. The van der Waals surface area contributed by atoms with Gasteiger partial charge in [0.25, 0.3) is 0 Å². The third kappa shape index (κ3) is 2.39. The predicted molar refractivity (Wildman–Crippen MR) is 83.2 cm³/mol. The highest BCUT2D eigenvalue weighted by Crippen LogP contribution is 2.36. The molecule has 0 spiro atoms. The zero-order valence-corrected chi connectivity index (χ0v) is 11.4. The third-order valence-corrected chi connectivity index (χ3v) is 3.90. The van der Waals surface area contributed by atoms with Gasteiger partial charge in [-0.2, -0.15) is 0 Å². The van der Waals surface area contributed by atoms with E-state index in [1.165, 1.54) is 16.8 Å². The Kier molecular flexibility index (Phi) is 3.42. The van der Waals surface area contributed by atoms with Crippen molar-refractivity contribution in [2.24, 2.45) is 5.73 Å². The lowest BCUT2D eigenvalue weighted by molar-refractivity contribution is 0.659. The van der Waals surface area contributed by atoms with Crippen molar-refractivity contribution in [1.82, 2.24) is 0 Å². The standard InChI is InChI=1S/C17H19N3/c18-17(19)12-16(13-6-2-1-3-7-13)20-11-10-14-8-4-5-9-15(14)20/h1-9,16H,10-12H2,(H3,18,19). The fourth-order valence-electron chi connectivity index (χ4n) is 2.98. The minimum Gasteiger partial charge on any atom is -0.388 e. The van der Waals surface area contributed by atoms with Crippen LogP contribution in [0.5, 0.6) is 0 Å². The number of amidine groups is 1. The van der Waals surface area contributed by atoms with Gasteiger partial charge >= 0.3 is 0 Å². The van der Waals surface area contributed by atoms with Crippen LogP contribution in [0, 0.1) is 5.41 Å². The van der Waals surface area contributed by atoms with E-state index in [4.69, 9.17) is 11.1 Å². The van der Waals surface area contributed by atoms with Crippen LogP contribution in [0.2, 0.25) is 0 Å². The Bertz CT molecular complexity index is 607. The number of anilines is 1. The number of nitrogens with two attached hydrogens (primary N) is 1. The molecule has 3 nitrogen and oxygen atoms in total. The molecule has 1 aliphatic heterocycles. The van der Waals surface area contributed by atoms with Gasteiger partial charge in [-0.25, -0.2) is 0 Å². The molecule has 0 amide bonds. The first kappa shape index (κ1) is 12.7. The summed E-state index contributed by atoms with van der Waals surface area (Å²) >= 11 is 0. The van der Waals surface area contributed by atoms with Gasteiger partial charge in [0.05, 0.1) is 11.9 Å². The quantitative estimate of drug-likeness (QED) is 0.659. The first-order chi connectivity index (χ1) is 9.75. The summed E-state index contributed by atoms with van der Waals surface area (Å²) in [5.41, 5.74) is 9.56. The smallest absolute Gasteiger partial charge is 0.0929 e. The number of hydrogen-bond acceptors (Lipinski definition) is 2. The molecule has 0 aromatic heterocycles. The number of nitrogens with one attached hydrogen (secondary N) is 1. The second-order valence-electron chi connectivity index (χ2n) is 5.23. The molecule has 0 fully saturated rings. The number of para-hydroxylation sites is 1. The molecule has 102 valence electrons. The van der Waals surface area contributed by atoms with Crippen molar-refractivity contribution < 1.29 is 0 Å². The largest absolute Gasteiger partial charge is 0.388 e. The van der Waals surface area contributed by atoms with Crippen LogP contribution in [0.3, 0.4) is 0 Å². The molecule has 0 bridgehead atoms. The molecule has 20 heavy (non-hydrogen) atoms. The lowest BCUT2D eigenvalue weighted by Crippen LogP contribution is -2.30. The van der Waals surface area contributed by atoms with Crippen molar-refractivity contribution in [2.75, 3.05) is 11.4 Å². The van der Waals surface area contributed by atoms with Crippen molar-refractivity contribution >= 4 is 11.5 Å². The molecule has 1 unspecified atom stereocenters. The molecule has 1 heterocycles. The molecule has 0 saturated carbocycles. The van der Waals surface area contributed by atoms with E-state index in [1.54, 1.807) is 0 Å². The van der Waals surface area contributed by atoms with Gasteiger partial charge in [0.15, 0.2) is 0 Å². The molecule has 3 heteroatoms. The van der Waals surface area contributed by atoms with E-state index in [2.05, 4.69) is 41.3 Å². The maximum atomic E-state index is 7.67. The number of nitrogens with zero attached hydrogens (tertiary/aromatic N) is 1. The lowest BCUT2D eigenvalue weighted by Gasteiger charge is -2.30. The highest BCUT2D eigenvalue weighted by molar-refractivity contribution is 5.78. The zero-order chi connectivity index (χ0) is 13.9. The Labute approximate surface area is 119 Å². The van der Waals surface area contributed by atoms with Crippen molar-refractivity contribution in [2.45, 2.75) is 18.9 Å². The molecule has 0 saturated heterocycles. The molecule has 1 atom stereocenters. The summed E-state index contributed by atoms with van der Waals surface area (Å²) < 4.78 is 0. The molecule has 2 aromatic rings. The third-order valence-electron chi connectivity index (χ3n) is 3.90. The summed E-state index contributed by atoms with van der Waals surface area (Å²) in [7, 11) is 0. The van der Waals surface area contributed by atoms with Gasteiger partial charge in [0, 0.05) is 18.7 Å². The van der Waals surface area contributed by atoms with Crippen molar-refractivity contribution in [1.29, 1.82) is 5.41 Å². The highest BCUT2D eigenvalue weighted by Gasteiger charge is 2.27. The van der Waals surface area contributed by atoms with Crippen LogP contribution in [0.25, 0.3) is 0 Å².